The molecule has 3 aromatic heterocycles. The average molecular weight is 289 g/mol. The number of hydrogen-bond donors (Lipinski definition) is 1. The molecule has 0 saturated carbocycles. The summed E-state index contributed by atoms with van der Waals surface area (Å²) in [6, 6.07) is 0. The smallest absolute Gasteiger partial charge is 0.338 e. The third-order valence-corrected chi connectivity index (χ3v) is 3.93. The van der Waals surface area contributed by atoms with E-state index in [0.29, 0.717) is 10.5 Å². The molecule has 0 aliphatic rings. The summed E-state index contributed by atoms with van der Waals surface area (Å²) in [6.07, 6.45) is 6.52. The Kier molecular flexibility index (Phi) is 2.94. The molecule has 0 unspecified atom stereocenters. The molecule has 8 heteroatoms. The van der Waals surface area contributed by atoms with Crippen LogP contribution in [-0.2, 0) is 14.1 Å². The minimum atomic E-state index is -1.00. The number of carboxylic acids is 1. The van der Waals surface area contributed by atoms with Crippen molar-refractivity contribution in [3.8, 4) is 0 Å². The molecule has 20 heavy (non-hydrogen) atoms. The van der Waals surface area contributed by atoms with E-state index in [1.54, 1.807) is 28.8 Å². The van der Waals surface area contributed by atoms with Crippen LogP contribution in [0.2, 0.25) is 0 Å². The third-order valence-electron chi connectivity index (χ3n) is 2.84. The second kappa shape index (κ2) is 4.64. The summed E-state index contributed by atoms with van der Waals surface area (Å²) in [6.45, 7) is 0. The van der Waals surface area contributed by atoms with Gasteiger partial charge in [0.2, 0.25) is 0 Å². The predicted molar refractivity (Wildman–Crippen MR) is 72.8 cm³/mol. The van der Waals surface area contributed by atoms with Gasteiger partial charge in [0.05, 0.1) is 28.2 Å². The van der Waals surface area contributed by atoms with Crippen LogP contribution in [0.5, 0.6) is 0 Å². The van der Waals surface area contributed by atoms with Gasteiger partial charge in [-0.3, -0.25) is 9.36 Å². The lowest BCUT2D eigenvalue weighted by molar-refractivity contribution is 0.0693. The highest BCUT2D eigenvalue weighted by Gasteiger charge is 2.18. The largest absolute Gasteiger partial charge is 0.478 e. The van der Waals surface area contributed by atoms with E-state index in [9.17, 15) is 9.90 Å². The maximum absolute atomic E-state index is 11.4. The highest BCUT2D eigenvalue weighted by atomic mass is 32.2. The molecule has 0 saturated heterocycles. The van der Waals surface area contributed by atoms with Gasteiger partial charge in [0, 0.05) is 31.4 Å². The monoisotopic (exact) mass is 289 g/mol. The number of pyridine rings is 1. The first-order valence-corrected chi connectivity index (χ1v) is 6.58. The van der Waals surface area contributed by atoms with E-state index in [0.717, 1.165) is 10.3 Å². The first-order valence-electron chi connectivity index (χ1n) is 5.77. The standard InChI is InChI=1S/C12H11N5O2S/c1-16-6-7(3-14-16)20-10-8-5-15-17(2)11(8)13-4-9(10)12(18)19/h3-6H,1-2H3,(H,18,19). The molecule has 7 nitrogen and oxygen atoms in total. The molecule has 0 aromatic carbocycles. The second-order valence-electron chi connectivity index (χ2n) is 4.26. The summed E-state index contributed by atoms with van der Waals surface area (Å²) in [5.41, 5.74) is 0.820. The highest BCUT2D eigenvalue weighted by Crippen LogP contribution is 2.35. The first kappa shape index (κ1) is 12.7. The van der Waals surface area contributed by atoms with Crippen LogP contribution in [0.15, 0.2) is 34.6 Å². The number of carboxylic acid groups (broad SMARTS) is 1. The molecule has 3 heterocycles. The quantitative estimate of drug-likeness (QED) is 0.787. The van der Waals surface area contributed by atoms with Crippen molar-refractivity contribution in [1.82, 2.24) is 24.5 Å². The zero-order valence-corrected chi connectivity index (χ0v) is 11.6. The van der Waals surface area contributed by atoms with Crippen LogP contribution in [0, 0.1) is 0 Å². The van der Waals surface area contributed by atoms with Crippen molar-refractivity contribution < 1.29 is 9.90 Å². The summed E-state index contributed by atoms with van der Waals surface area (Å²) in [7, 11) is 3.59. The SMILES string of the molecule is Cn1cc(Sc2c(C(=O)O)cnc3c2cnn3C)cn1. The molecule has 0 spiro atoms. The Bertz CT molecular complexity index is 807. The predicted octanol–water partition coefficient (Wildman–Crippen LogP) is 1.55. The van der Waals surface area contributed by atoms with Gasteiger partial charge < -0.3 is 5.11 Å². The maximum Gasteiger partial charge on any atom is 0.338 e. The van der Waals surface area contributed by atoms with E-state index in [-0.39, 0.29) is 5.56 Å². The van der Waals surface area contributed by atoms with Crippen LogP contribution in [0.1, 0.15) is 10.4 Å². The molecule has 0 aliphatic heterocycles. The van der Waals surface area contributed by atoms with Gasteiger partial charge in [0.15, 0.2) is 5.65 Å². The molecule has 0 fully saturated rings. The maximum atomic E-state index is 11.4. The zero-order valence-electron chi connectivity index (χ0n) is 10.8. The lowest BCUT2D eigenvalue weighted by Crippen LogP contribution is -2.01. The molecular weight excluding hydrogens is 278 g/mol. The zero-order chi connectivity index (χ0) is 14.3. The fraction of sp³-hybridized carbons (Fsp3) is 0.167. The number of aromatic carboxylic acids is 1. The Morgan fingerprint density at radius 3 is 2.70 bits per heavy atom. The van der Waals surface area contributed by atoms with Crippen LogP contribution >= 0.6 is 11.8 Å². The summed E-state index contributed by atoms with van der Waals surface area (Å²) in [5, 5.41) is 18.3. The van der Waals surface area contributed by atoms with Gasteiger partial charge in [0.25, 0.3) is 0 Å². The number of rotatable bonds is 3. The molecule has 3 rings (SSSR count). The number of aromatic nitrogens is 5. The van der Waals surface area contributed by atoms with Crippen LogP contribution in [0.3, 0.4) is 0 Å². The third kappa shape index (κ3) is 2.03. The van der Waals surface area contributed by atoms with Crippen LogP contribution in [0.4, 0.5) is 0 Å². The van der Waals surface area contributed by atoms with Gasteiger partial charge in [-0.25, -0.2) is 9.78 Å². The summed E-state index contributed by atoms with van der Waals surface area (Å²) >= 11 is 1.35. The summed E-state index contributed by atoms with van der Waals surface area (Å²) < 4.78 is 3.29. The van der Waals surface area contributed by atoms with E-state index in [4.69, 9.17) is 0 Å². The average Bonchev–Trinajstić information content (AvgIpc) is 2.97. The first-order chi connectivity index (χ1) is 9.56. The van der Waals surface area contributed by atoms with Crippen molar-refractivity contribution in [2.75, 3.05) is 0 Å². The van der Waals surface area contributed by atoms with Gasteiger partial charge in [0.1, 0.15) is 0 Å². The van der Waals surface area contributed by atoms with Gasteiger partial charge in [-0.2, -0.15) is 10.2 Å². The van der Waals surface area contributed by atoms with Crippen molar-refractivity contribution in [2.45, 2.75) is 9.79 Å². The van der Waals surface area contributed by atoms with Crippen molar-refractivity contribution >= 4 is 28.8 Å². The molecule has 0 amide bonds. The summed E-state index contributed by atoms with van der Waals surface area (Å²) in [5.74, 6) is -1.00. The van der Waals surface area contributed by atoms with Crippen molar-refractivity contribution in [3.63, 3.8) is 0 Å². The minimum absolute atomic E-state index is 0.166. The number of carbonyl (C=O) groups is 1. The highest BCUT2D eigenvalue weighted by molar-refractivity contribution is 7.99. The fourth-order valence-electron chi connectivity index (χ4n) is 1.91. The molecule has 0 radical (unpaired) electrons. The number of aryl methyl sites for hydroxylation is 2. The Morgan fingerprint density at radius 1 is 1.25 bits per heavy atom. The number of fused-ring (bicyclic) bond motifs is 1. The molecule has 0 aliphatic carbocycles. The normalized spacial score (nSPS) is 11.1. The number of nitrogens with zero attached hydrogens (tertiary/aromatic N) is 5. The van der Waals surface area contributed by atoms with Crippen molar-refractivity contribution in [2.24, 2.45) is 14.1 Å². The van der Waals surface area contributed by atoms with E-state index in [2.05, 4.69) is 15.2 Å². The Balaban J connectivity index is 2.19. The molecular formula is C12H11N5O2S. The van der Waals surface area contributed by atoms with Crippen molar-refractivity contribution in [1.29, 1.82) is 0 Å². The fourth-order valence-corrected chi connectivity index (χ4v) is 2.95. The van der Waals surface area contributed by atoms with Crippen LogP contribution in [-0.4, -0.2) is 35.6 Å². The van der Waals surface area contributed by atoms with E-state index in [1.807, 2.05) is 13.2 Å². The van der Waals surface area contributed by atoms with E-state index >= 15 is 0 Å². The molecule has 0 atom stereocenters. The molecule has 102 valence electrons. The Morgan fingerprint density at radius 2 is 2.05 bits per heavy atom. The second-order valence-corrected chi connectivity index (χ2v) is 5.35. The van der Waals surface area contributed by atoms with Crippen molar-refractivity contribution in [3.05, 3.63) is 30.4 Å². The van der Waals surface area contributed by atoms with Gasteiger partial charge in [-0.1, -0.05) is 11.8 Å². The van der Waals surface area contributed by atoms with E-state index in [1.165, 1.54) is 18.0 Å². The lowest BCUT2D eigenvalue weighted by atomic mass is 10.2. The minimum Gasteiger partial charge on any atom is -0.478 e. The molecule has 0 bridgehead atoms. The van der Waals surface area contributed by atoms with Gasteiger partial charge in [-0.05, 0) is 0 Å². The Hall–Kier alpha value is -2.35. The summed E-state index contributed by atoms with van der Waals surface area (Å²) in [4.78, 5) is 17.0. The van der Waals surface area contributed by atoms with Gasteiger partial charge in [-0.15, -0.1) is 0 Å². The number of hydrogen-bond acceptors (Lipinski definition) is 5. The molecule has 3 aromatic rings. The Labute approximate surface area is 118 Å². The van der Waals surface area contributed by atoms with E-state index < -0.39 is 5.97 Å². The van der Waals surface area contributed by atoms with Gasteiger partial charge >= 0.3 is 5.97 Å². The van der Waals surface area contributed by atoms with Crippen LogP contribution in [0.25, 0.3) is 11.0 Å². The molecule has 1 N–H and O–H groups in total. The topological polar surface area (TPSA) is 85.8 Å². The van der Waals surface area contributed by atoms with Crippen LogP contribution < -0.4 is 0 Å². The lowest BCUT2D eigenvalue weighted by Gasteiger charge is -2.05.